The molecule has 1 aromatic carbocycles. The summed E-state index contributed by atoms with van der Waals surface area (Å²) in [4.78, 5) is 23.1. The smallest absolute Gasteiger partial charge is 0.341 e. The van der Waals surface area contributed by atoms with E-state index in [1.54, 1.807) is 0 Å². The number of rotatable bonds is 2. The highest BCUT2D eigenvalue weighted by Crippen LogP contribution is 2.42. The fourth-order valence-corrected chi connectivity index (χ4v) is 2.51. The Kier molecular flexibility index (Phi) is 2.79. The zero-order valence-electron chi connectivity index (χ0n) is 9.94. The van der Waals surface area contributed by atoms with Crippen LogP contribution < -0.4 is 5.43 Å². The number of alkyl halides is 1. The fraction of sp³-hybridized carbons (Fsp3) is 0.231. The molecule has 2 aromatic rings. The van der Waals surface area contributed by atoms with Crippen LogP contribution in [0.2, 0.25) is 0 Å². The summed E-state index contributed by atoms with van der Waals surface area (Å²) in [5.41, 5.74) is -1.18. The van der Waals surface area contributed by atoms with Crippen LogP contribution in [0, 0.1) is 11.6 Å². The third-order valence-corrected chi connectivity index (χ3v) is 3.81. The molecular formula is C13H8ClF2NO3. The van der Waals surface area contributed by atoms with Crippen LogP contribution in [0.3, 0.4) is 0 Å². The number of hydrogen-bond acceptors (Lipinski definition) is 2. The van der Waals surface area contributed by atoms with Gasteiger partial charge in [-0.1, -0.05) is 0 Å². The Balaban J connectivity index is 2.41. The van der Waals surface area contributed by atoms with Crippen molar-refractivity contribution < 1.29 is 18.7 Å². The van der Waals surface area contributed by atoms with Gasteiger partial charge in [-0.2, -0.15) is 0 Å². The standard InChI is InChI=1S/C13H8ClF2NO3/c14-7-2-11(7)17-4-6(13(19)20)12(18)5-1-8(15)9(16)3-10(5)17/h1,3-4,7,11H,2H2,(H,19,20). The average molecular weight is 300 g/mol. The van der Waals surface area contributed by atoms with Gasteiger partial charge in [0, 0.05) is 17.6 Å². The van der Waals surface area contributed by atoms with Gasteiger partial charge in [-0.25, -0.2) is 13.6 Å². The molecule has 0 saturated heterocycles. The van der Waals surface area contributed by atoms with Gasteiger partial charge >= 0.3 is 5.97 Å². The number of carbonyl (C=O) groups is 1. The summed E-state index contributed by atoms with van der Waals surface area (Å²) in [5.74, 6) is -3.70. The molecule has 1 saturated carbocycles. The summed E-state index contributed by atoms with van der Waals surface area (Å²) < 4.78 is 28.1. The molecule has 0 amide bonds. The molecule has 1 N–H and O–H groups in total. The van der Waals surface area contributed by atoms with E-state index in [1.165, 1.54) is 4.57 Å². The number of carboxylic acid groups (broad SMARTS) is 1. The summed E-state index contributed by atoms with van der Waals surface area (Å²) in [7, 11) is 0. The van der Waals surface area contributed by atoms with E-state index in [1.807, 2.05) is 0 Å². The van der Waals surface area contributed by atoms with Gasteiger partial charge in [0.05, 0.1) is 16.9 Å². The molecule has 1 aliphatic carbocycles. The lowest BCUT2D eigenvalue weighted by molar-refractivity contribution is 0.0695. The van der Waals surface area contributed by atoms with Gasteiger partial charge in [-0.05, 0) is 12.5 Å². The molecule has 2 atom stereocenters. The molecule has 1 aromatic heterocycles. The minimum Gasteiger partial charge on any atom is -0.477 e. The van der Waals surface area contributed by atoms with Crippen LogP contribution >= 0.6 is 11.6 Å². The van der Waals surface area contributed by atoms with Gasteiger partial charge < -0.3 is 9.67 Å². The van der Waals surface area contributed by atoms with Gasteiger partial charge in [-0.3, -0.25) is 4.79 Å². The monoisotopic (exact) mass is 299 g/mol. The molecule has 0 aliphatic heterocycles. The van der Waals surface area contributed by atoms with Crippen molar-refractivity contribution in [3.05, 3.63) is 45.8 Å². The van der Waals surface area contributed by atoms with Crippen molar-refractivity contribution in [3.63, 3.8) is 0 Å². The predicted octanol–water partition coefficient (Wildman–Crippen LogP) is 2.53. The number of aromatic carboxylic acids is 1. The first-order chi connectivity index (χ1) is 9.40. The summed E-state index contributed by atoms with van der Waals surface area (Å²) >= 11 is 5.92. The number of halogens is 3. The number of aromatic nitrogens is 1. The van der Waals surface area contributed by atoms with E-state index < -0.39 is 28.6 Å². The number of pyridine rings is 1. The van der Waals surface area contributed by atoms with E-state index in [0.29, 0.717) is 6.42 Å². The Morgan fingerprint density at radius 3 is 2.50 bits per heavy atom. The van der Waals surface area contributed by atoms with Crippen molar-refractivity contribution in [2.45, 2.75) is 17.8 Å². The summed E-state index contributed by atoms with van der Waals surface area (Å²) in [5, 5.41) is 8.65. The highest BCUT2D eigenvalue weighted by atomic mass is 35.5. The quantitative estimate of drug-likeness (QED) is 0.867. The number of nitrogens with zero attached hydrogens (tertiary/aromatic N) is 1. The molecule has 1 heterocycles. The second kappa shape index (κ2) is 4.28. The highest BCUT2D eigenvalue weighted by molar-refractivity contribution is 6.23. The molecule has 7 heteroatoms. The van der Waals surface area contributed by atoms with Crippen molar-refractivity contribution in [2.75, 3.05) is 0 Å². The first kappa shape index (κ1) is 13.1. The zero-order valence-corrected chi connectivity index (χ0v) is 10.7. The lowest BCUT2D eigenvalue weighted by atomic mass is 10.1. The Morgan fingerprint density at radius 2 is 1.95 bits per heavy atom. The van der Waals surface area contributed by atoms with Crippen LogP contribution in [0.15, 0.2) is 23.1 Å². The van der Waals surface area contributed by atoms with E-state index in [9.17, 15) is 18.4 Å². The molecule has 0 bridgehead atoms. The van der Waals surface area contributed by atoms with E-state index >= 15 is 0 Å². The molecular weight excluding hydrogens is 292 g/mol. The maximum Gasteiger partial charge on any atom is 0.341 e. The second-order valence-electron chi connectivity index (χ2n) is 4.69. The van der Waals surface area contributed by atoms with Crippen LogP contribution in [0.4, 0.5) is 8.78 Å². The Labute approximate surface area is 116 Å². The first-order valence-electron chi connectivity index (χ1n) is 5.81. The lowest BCUT2D eigenvalue weighted by Crippen LogP contribution is -2.19. The lowest BCUT2D eigenvalue weighted by Gasteiger charge is -2.11. The van der Waals surface area contributed by atoms with Crippen LogP contribution in [0.1, 0.15) is 22.8 Å². The first-order valence-corrected chi connectivity index (χ1v) is 6.25. The topological polar surface area (TPSA) is 59.3 Å². The number of carboxylic acids is 1. The molecule has 1 fully saturated rings. The minimum atomic E-state index is -1.41. The van der Waals surface area contributed by atoms with E-state index in [4.69, 9.17) is 16.7 Å². The van der Waals surface area contributed by atoms with Crippen LogP contribution in [-0.4, -0.2) is 21.0 Å². The van der Waals surface area contributed by atoms with Crippen LogP contribution in [-0.2, 0) is 0 Å². The molecule has 2 unspecified atom stereocenters. The number of fused-ring (bicyclic) bond motifs is 1. The number of hydrogen-bond donors (Lipinski definition) is 1. The third-order valence-electron chi connectivity index (χ3n) is 3.34. The Bertz CT molecular complexity index is 802. The highest BCUT2D eigenvalue weighted by Gasteiger charge is 2.38. The summed E-state index contributed by atoms with van der Waals surface area (Å²) in [6.07, 6.45) is 1.72. The SMILES string of the molecule is O=C(O)c1cn(C2CC2Cl)c2cc(F)c(F)cc2c1=O. The Morgan fingerprint density at radius 1 is 1.35 bits per heavy atom. The van der Waals surface area contributed by atoms with Crippen LogP contribution in [0.25, 0.3) is 10.9 Å². The second-order valence-corrected chi connectivity index (χ2v) is 5.25. The molecule has 20 heavy (non-hydrogen) atoms. The van der Waals surface area contributed by atoms with Crippen molar-refractivity contribution in [1.82, 2.24) is 4.57 Å². The fourth-order valence-electron chi connectivity index (χ4n) is 2.21. The third kappa shape index (κ3) is 1.87. The maximum atomic E-state index is 13.4. The largest absolute Gasteiger partial charge is 0.477 e. The Hall–Kier alpha value is -1.95. The zero-order chi connectivity index (χ0) is 14.6. The van der Waals surface area contributed by atoms with E-state index in [2.05, 4.69) is 0 Å². The minimum absolute atomic E-state index is 0.145. The normalized spacial score (nSPS) is 21.1. The molecule has 4 nitrogen and oxygen atoms in total. The molecule has 0 radical (unpaired) electrons. The summed E-state index contributed by atoms with van der Waals surface area (Å²) in [6.45, 7) is 0. The van der Waals surface area contributed by atoms with Crippen molar-refractivity contribution in [3.8, 4) is 0 Å². The predicted molar refractivity (Wildman–Crippen MR) is 68.4 cm³/mol. The summed E-state index contributed by atoms with van der Waals surface area (Å²) in [6, 6.07) is 1.39. The van der Waals surface area contributed by atoms with Gasteiger partial charge in [0.15, 0.2) is 11.6 Å². The molecule has 0 spiro atoms. The van der Waals surface area contributed by atoms with Gasteiger partial charge in [-0.15, -0.1) is 11.6 Å². The van der Waals surface area contributed by atoms with Gasteiger partial charge in [0.2, 0.25) is 5.43 Å². The van der Waals surface area contributed by atoms with Crippen molar-refractivity contribution in [1.29, 1.82) is 0 Å². The van der Waals surface area contributed by atoms with Gasteiger partial charge in [0.1, 0.15) is 5.56 Å². The van der Waals surface area contributed by atoms with Crippen LogP contribution in [0.5, 0.6) is 0 Å². The van der Waals surface area contributed by atoms with E-state index in [0.717, 1.165) is 18.3 Å². The van der Waals surface area contributed by atoms with Gasteiger partial charge in [0.25, 0.3) is 0 Å². The molecule has 3 rings (SSSR count). The average Bonchev–Trinajstić information content (AvgIpc) is 3.09. The maximum absolute atomic E-state index is 13.4. The molecule has 104 valence electrons. The van der Waals surface area contributed by atoms with Crippen molar-refractivity contribution in [2.24, 2.45) is 0 Å². The molecule has 1 aliphatic rings. The van der Waals surface area contributed by atoms with Crippen molar-refractivity contribution >= 4 is 28.5 Å². The number of benzene rings is 1. The van der Waals surface area contributed by atoms with E-state index in [-0.39, 0.29) is 22.3 Å².